The second-order valence-corrected chi connectivity index (χ2v) is 10.6. The molecule has 0 radical (unpaired) electrons. The Morgan fingerprint density at radius 2 is 1.68 bits per heavy atom. The Morgan fingerprint density at radius 1 is 0.927 bits per heavy atom. The van der Waals surface area contributed by atoms with Gasteiger partial charge in [0.05, 0.1) is 37.5 Å². The van der Waals surface area contributed by atoms with E-state index >= 15 is 4.39 Å². The van der Waals surface area contributed by atoms with Gasteiger partial charge >= 0.3 is 0 Å². The number of carbonyl (C=O) groups is 1. The quantitative estimate of drug-likeness (QED) is 0.316. The standard InChI is InChI=1S/C31H31FN4O5/c32-24-18-22-27-30(26(24)33-8-3-9-34-10-14-39-15-11-34)41-29-21-5-2-1-4-20(21)6-7-25(29)36(27)19-23(28(22)37)31(38)35-12-16-40-17-13-35/h1-2,4-7,18-19,33H,3,8-17H2. The van der Waals surface area contributed by atoms with Crippen molar-refractivity contribution in [3.05, 3.63) is 70.3 Å². The van der Waals surface area contributed by atoms with Crippen molar-refractivity contribution in [1.82, 2.24) is 14.4 Å². The highest BCUT2D eigenvalue weighted by Crippen LogP contribution is 2.47. The summed E-state index contributed by atoms with van der Waals surface area (Å²) in [6.45, 7) is 6.24. The summed E-state index contributed by atoms with van der Waals surface area (Å²) in [6, 6.07) is 12.9. The second kappa shape index (κ2) is 10.8. The van der Waals surface area contributed by atoms with Crippen molar-refractivity contribution in [2.75, 3.05) is 71.0 Å². The number of fused-ring (bicyclic) bond motifs is 4. The third-order valence-electron chi connectivity index (χ3n) is 8.10. The highest BCUT2D eigenvalue weighted by atomic mass is 19.1. The zero-order valence-electron chi connectivity index (χ0n) is 22.7. The first-order valence-corrected chi connectivity index (χ1v) is 14.1. The third-order valence-corrected chi connectivity index (χ3v) is 8.10. The molecule has 212 valence electrons. The topological polar surface area (TPSA) is 85.3 Å². The Labute approximate surface area is 236 Å². The van der Waals surface area contributed by atoms with E-state index in [1.165, 1.54) is 6.07 Å². The first kappa shape index (κ1) is 25.9. The molecule has 0 saturated carbocycles. The van der Waals surface area contributed by atoms with E-state index in [0.717, 1.165) is 50.0 Å². The highest BCUT2D eigenvalue weighted by Gasteiger charge is 2.31. The van der Waals surface area contributed by atoms with Crippen LogP contribution in [0.1, 0.15) is 16.8 Å². The first-order valence-electron chi connectivity index (χ1n) is 14.1. The number of halogens is 1. The van der Waals surface area contributed by atoms with Crippen molar-refractivity contribution in [2.45, 2.75) is 6.42 Å². The van der Waals surface area contributed by atoms with Gasteiger partial charge in [-0.15, -0.1) is 0 Å². The molecular weight excluding hydrogens is 527 g/mol. The van der Waals surface area contributed by atoms with Gasteiger partial charge in [0.25, 0.3) is 5.91 Å². The van der Waals surface area contributed by atoms with Crippen LogP contribution in [0.4, 0.5) is 10.1 Å². The summed E-state index contributed by atoms with van der Waals surface area (Å²) in [5.41, 5.74) is 0.811. The number of morpholine rings is 2. The Bertz CT molecular complexity index is 1710. The summed E-state index contributed by atoms with van der Waals surface area (Å²) < 4.78 is 34.9. The van der Waals surface area contributed by atoms with Gasteiger partial charge in [-0.05, 0) is 30.5 Å². The summed E-state index contributed by atoms with van der Waals surface area (Å²) in [5, 5.41) is 5.17. The van der Waals surface area contributed by atoms with Crippen molar-refractivity contribution in [1.29, 1.82) is 0 Å². The molecular formula is C31H31FN4O5. The molecule has 0 bridgehead atoms. The van der Waals surface area contributed by atoms with Crippen LogP contribution in [0.3, 0.4) is 0 Å². The monoisotopic (exact) mass is 558 g/mol. The third kappa shape index (κ3) is 4.61. The number of nitrogens with one attached hydrogen (secondary N) is 1. The molecule has 1 amide bonds. The van der Waals surface area contributed by atoms with Gasteiger partial charge in [0, 0.05) is 44.3 Å². The zero-order valence-corrected chi connectivity index (χ0v) is 22.7. The van der Waals surface area contributed by atoms with Crippen LogP contribution in [-0.4, -0.2) is 86.0 Å². The smallest absolute Gasteiger partial charge is 0.259 e. The van der Waals surface area contributed by atoms with E-state index in [-0.39, 0.29) is 28.3 Å². The number of carbonyl (C=O) groups excluding carboxylic acids is 1. The summed E-state index contributed by atoms with van der Waals surface area (Å²) in [5.74, 6) is -0.183. The molecule has 4 heterocycles. The van der Waals surface area contributed by atoms with Gasteiger partial charge in [0.15, 0.2) is 17.3 Å². The molecule has 3 aliphatic rings. The second-order valence-electron chi connectivity index (χ2n) is 10.6. The molecule has 3 aliphatic heterocycles. The molecule has 1 aromatic heterocycles. The lowest BCUT2D eigenvalue weighted by atomic mass is 10.0. The van der Waals surface area contributed by atoms with Crippen LogP contribution in [0.2, 0.25) is 0 Å². The van der Waals surface area contributed by atoms with Gasteiger partial charge in [-0.3, -0.25) is 14.5 Å². The fraction of sp³-hybridized carbons (Fsp3) is 0.355. The number of nitrogens with zero attached hydrogens (tertiary/aromatic N) is 3. The lowest BCUT2D eigenvalue weighted by Crippen LogP contribution is -2.42. The van der Waals surface area contributed by atoms with Gasteiger partial charge in [-0.25, -0.2) is 4.39 Å². The molecule has 1 N–H and O–H groups in total. The van der Waals surface area contributed by atoms with Crippen molar-refractivity contribution in [2.24, 2.45) is 0 Å². The molecule has 2 fully saturated rings. The van der Waals surface area contributed by atoms with Crippen LogP contribution in [0.15, 0.2) is 53.5 Å². The number of anilines is 1. The van der Waals surface area contributed by atoms with Gasteiger partial charge < -0.3 is 29.0 Å². The molecule has 9 nitrogen and oxygen atoms in total. The molecule has 0 spiro atoms. The normalized spacial score (nSPS) is 17.0. The van der Waals surface area contributed by atoms with Crippen LogP contribution in [-0.2, 0) is 9.47 Å². The summed E-state index contributed by atoms with van der Waals surface area (Å²) in [4.78, 5) is 31.2. The largest absolute Gasteiger partial charge is 0.450 e. The SMILES string of the molecule is O=C(c1cn2c3c(c(NCCCN4CCOCC4)c(F)cc3c1=O)Oc1c-2ccc2ccccc12)N1CCOCC1. The molecule has 41 heavy (non-hydrogen) atoms. The maximum atomic E-state index is 15.8. The molecule has 4 aromatic rings. The van der Waals surface area contributed by atoms with E-state index in [4.69, 9.17) is 14.2 Å². The van der Waals surface area contributed by atoms with Crippen molar-refractivity contribution in [3.63, 3.8) is 0 Å². The average Bonchev–Trinajstić information content (AvgIpc) is 3.02. The van der Waals surface area contributed by atoms with E-state index in [1.807, 2.05) is 41.0 Å². The number of hydrogen-bond donors (Lipinski definition) is 1. The number of aromatic nitrogens is 1. The number of pyridine rings is 1. The maximum absolute atomic E-state index is 15.8. The van der Waals surface area contributed by atoms with E-state index in [0.29, 0.717) is 49.8 Å². The Morgan fingerprint density at radius 3 is 2.49 bits per heavy atom. The number of hydrogen-bond acceptors (Lipinski definition) is 7. The lowest BCUT2D eigenvalue weighted by Gasteiger charge is -2.29. The van der Waals surface area contributed by atoms with Crippen LogP contribution >= 0.6 is 0 Å². The van der Waals surface area contributed by atoms with Crippen LogP contribution in [0.25, 0.3) is 27.4 Å². The number of rotatable bonds is 6. The number of benzene rings is 3. The predicted molar refractivity (Wildman–Crippen MR) is 154 cm³/mol. The van der Waals surface area contributed by atoms with E-state index < -0.39 is 11.2 Å². The molecule has 0 unspecified atom stereocenters. The minimum Gasteiger partial charge on any atom is -0.450 e. The van der Waals surface area contributed by atoms with Gasteiger partial charge in [0.2, 0.25) is 5.43 Å². The molecule has 10 heteroatoms. The summed E-state index contributed by atoms with van der Waals surface area (Å²) in [7, 11) is 0. The van der Waals surface area contributed by atoms with Gasteiger partial charge in [-0.1, -0.05) is 30.3 Å². The average molecular weight is 559 g/mol. The number of amides is 1. The van der Waals surface area contributed by atoms with Crippen molar-refractivity contribution >= 4 is 33.3 Å². The van der Waals surface area contributed by atoms with E-state index in [2.05, 4.69) is 10.2 Å². The summed E-state index contributed by atoms with van der Waals surface area (Å²) >= 11 is 0. The predicted octanol–water partition coefficient (Wildman–Crippen LogP) is 4.00. The van der Waals surface area contributed by atoms with Crippen molar-refractivity contribution < 1.29 is 23.4 Å². The molecule has 0 aliphatic carbocycles. The molecule has 0 atom stereocenters. The Balaban J connectivity index is 1.34. The van der Waals surface area contributed by atoms with Gasteiger partial charge in [0.1, 0.15) is 16.8 Å². The van der Waals surface area contributed by atoms with Crippen LogP contribution in [0, 0.1) is 5.82 Å². The molecule has 2 saturated heterocycles. The maximum Gasteiger partial charge on any atom is 0.259 e. The highest BCUT2D eigenvalue weighted by molar-refractivity contribution is 6.03. The van der Waals surface area contributed by atoms with Crippen molar-refractivity contribution in [3.8, 4) is 17.2 Å². The fourth-order valence-electron chi connectivity index (χ4n) is 5.94. The first-order chi connectivity index (χ1) is 20.1. The van der Waals surface area contributed by atoms with Crippen LogP contribution in [0.5, 0.6) is 11.5 Å². The number of ether oxygens (including phenoxy) is 3. The van der Waals surface area contributed by atoms with E-state index in [1.54, 1.807) is 11.1 Å². The molecule has 7 rings (SSSR count). The Kier molecular flexibility index (Phi) is 6.82. The Hall–Kier alpha value is -3.99. The van der Waals surface area contributed by atoms with E-state index in [9.17, 15) is 9.59 Å². The van der Waals surface area contributed by atoms with Gasteiger partial charge in [-0.2, -0.15) is 0 Å². The lowest BCUT2D eigenvalue weighted by molar-refractivity contribution is 0.0301. The molecule has 3 aromatic carbocycles. The fourth-order valence-corrected chi connectivity index (χ4v) is 5.94. The zero-order chi connectivity index (χ0) is 27.9. The summed E-state index contributed by atoms with van der Waals surface area (Å²) in [6.07, 6.45) is 2.39. The van der Waals surface area contributed by atoms with Crippen LogP contribution < -0.4 is 15.5 Å². The minimum absolute atomic E-state index is 0.00280. The minimum atomic E-state index is -0.595.